The van der Waals surface area contributed by atoms with Crippen molar-refractivity contribution in [3.8, 4) is 5.75 Å². The van der Waals surface area contributed by atoms with Crippen LogP contribution in [0, 0.1) is 0 Å². The van der Waals surface area contributed by atoms with Crippen LogP contribution in [0.2, 0.25) is 19.6 Å². The highest BCUT2D eigenvalue weighted by Gasteiger charge is 2.40. The summed E-state index contributed by atoms with van der Waals surface area (Å²) in [5.74, 6) is 0.772. The van der Waals surface area contributed by atoms with E-state index >= 15 is 0 Å². The second-order valence-corrected chi connectivity index (χ2v) is 11.3. The van der Waals surface area contributed by atoms with E-state index in [4.69, 9.17) is 9.16 Å². The molecule has 0 fully saturated rings. The van der Waals surface area contributed by atoms with Crippen LogP contribution in [-0.4, -0.2) is 20.5 Å². The molecule has 0 bridgehead atoms. The molecule has 2 aromatic carbocycles. The van der Waals surface area contributed by atoms with E-state index in [0.717, 1.165) is 16.9 Å². The maximum Gasteiger partial charge on any atom is 0.185 e. The summed E-state index contributed by atoms with van der Waals surface area (Å²) in [6, 6.07) is 17.4. The molecule has 3 nitrogen and oxygen atoms in total. The molecular formula is C19H26O3Si. The average Bonchev–Trinajstić information content (AvgIpc) is 2.53. The summed E-state index contributed by atoms with van der Waals surface area (Å²) in [7, 11) is -0.241. The van der Waals surface area contributed by atoms with Crippen molar-refractivity contribution < 1.29 is 14.3 Å². The van der Waals surface area contributed by atoms with Gasteiger partial charge in [0.05, 0.1) is 7.11 Å². The Morgan fingerprint density at radius 1 is 0.957 bits per heavy atom. The maximum atomic E-state index is 11.1. The van der Waals surface area contributed by atoms with Crippen LogP contribution in [-0.2, 0) is 10.0 Å². The van der Waals surface area contributed by atoms with E-state index in [1.54, 1.807) is 7.11 Å². The summed E-state index contributed by atoms with van der Waals surface area (Å²) in [4.78, 5) is 0. The van der Waals surface area contributed by atoms with Gasteiger partial charge in [-0.1, -0.05) is 42.5 Å². The number of hydrogen-bond donors (Lipinski definition) is 1. The van der Waals surface area contributed by atoms with Crippen molar-refractivity contribution in [2.24, 2.45) is 0 Å². The van der Waals surface area contributed by atoms with Crippen molar-refractivity contribution >= 4 is 8.32 Å². The fourth-order valence-electron chi connectivity index (χ4n) is 2.78. The minimum atomic E-state index is -1.87. The Morgan fingerprint density at radius 3 is 2.00 bits per heavy atom. The van der Waals surface area contributed by atoms with E-state index in [9.17, 15) is 5.11 Å². The number of benzene rings is 2. The van der Waals surface area contributed by atoms with Crippen molar-refractivity contribution in [1.29, 1.82) is 0 Å². The second kappa shape index (κ2) is 6.87. The molecule has 0 unspecified atom stereocenters. The lowest BCUT2D eigenvalue weighted by Gasteiger charge is -2.40. The summed E-state index contributed by atoms with van der Waals surface area (Å²) < 4.78 is 11.6. The zero-order valence-electron chi connectivity index (χ0n) is 14.5. The molecule has 0 saturated heterocycles. The van der Waals surface area contributed by atoms with Gasteiger partial charge >= 0.3 is 0 Å². The SMILES string of the molecule is COc1ccc([C@@H](O)[C@@](C)(O[Si](C)(C)C)c2ccccc2)cc1. The minimum absolute atomic E-state index is 0.762. The summed E-state index contributed by atoms with van der Waals surface area (Å²) in [5, 5.41) is 11.1. The molecule has 2 atom stereocenters. The highest BCUT2D eigenvalue weighted by atomic mass is 28.4. The van der Waals surface area contributed by atoms with Gasteiger partial charge in [0.15, 0.2) is 8.32 Å². The number of rotatable bonds is 6. The molecule has 0 heterocycles. The summed E-state index contributed by atoms with van der Waals surface area (Å²) in [6.07, 6.45) is -0.762. The zero-order chi connectivity index (χ0) is 17.1. The summed E-state index contributed by atoms with van der Waals surface area (Å²) in [5.41, 5.74) is 1.00. The molecule has 0 radical (unpaired) electrons. The number of ether oxygens (including phenoxy) is 1. The fourth-order valence-corrected chi connectivity index (χ4v) is 4.28. The number of methoxy groups -OCH3 is 1. The molecular weight excluding hydrogens is 304 g/mol. The van der Waals surface area contributed by atoms with E-state index in [1.165, 1.54) is 0 Å². The fraction of sp³-hybridized carbons (Fsp3) is 0.368. The normalized spacial score (nSPS) is 15.7. The second-order valence-electron chi connectivity index (χ2n) is 6.86. The summed E-state index contributed by atoms with van der Waals surface area (Å²) >= 11 is 0. The molecule has 23 heavy (non-hydrogen) atoms. The average molecular weight is 330 g/mol. The molecule has 0 amide bonds. The molecule has 2 rings (SSSR count). The number of aliphatic hydroxyl groups is 1. The van der Waals surface area contributed by atoms with Gasteiger partial charge in [-0.05, 0) is 49.8 Å². The molecule has 2 aromatic rings. The van der Waals surface area contributed by atoms with Crippen molar-refractivity contribution in [3.05, 3.63) is 65.7 Å². The van der Waals surface area contributed by atoms with Crippen molar-refractivity contribution in [2.45, 2.75) is 38.3 Å². The predicted molar refractivity (Wildman–Crippen MR) is 96.2 cm³/mol. The van der Waals surface area contributed by atoms with Crippen LogP contribution in [0.3, 0.4) is 0 Å². The van der Waals surface area contributed by atoms with Gasteiger partial charge in [0, 0.05) is 0 Å². The molecule has 4 heteroatoms. The first kappa shape index (κ1) is 17.7. The van der Waals surface area contributed by atoms with E-state index < -0.39 is 20.0 Å². The number of hydrogen-bond acceptors (Lipinski definition) is 3. The molecule has 1 N–H and O–H groups in total. The zero-order valence-corrected chi connectivity index (χ0v) is 15.5. The molecule has 0 aliphatic heterocycles. The van der Waals surface area contributed by atoms with Crippen molar-refractivity contribution in [1.82, 2.24) is 0 Å². The summed E-state index contributed by atoms with van der Waals surface area (Å²) in [6.45, 7) is 8.37. The van der Waals surface area contributed by atoms with E-state index in [-0.39, 0.29) is 0 Å². The monoisotopic (exact) mass is 330 g/mol. The Hall–Kier alpha value is -1.62. The third-order valence-corrected chi connectivity index (χ3v) is 4.85. The minimum Gasteiger partial charge on any atom is -0.497 e. The van der Waals surface area contributed by atoms with Gasteiger partial charge in [0.2, 0.25) is 0 Å². The first-order valence-corrected chi connectivity index (χ1v) is 11.2. The molecule has 0 aromatic heterocycles. The number of aliphatic hydroxyl groups excluding tert-OH is 1. The van der Waals surface area contributed by atoms with Crippen LogP contribution in [0.5, 0.6) is 5.75 Å². The van der Waals surface area contributed by atoms with Gasteiger partial charge in [-0.25, -0.2) is 0 Å². The van der Waals surface area contributed by atoms with Gasteiger partial charge in [0.1, 0.15) is 17.5 Å². The topological polar surface area (TPSA) is 38.7 Å². The molecule has 0 aliphatic carbocycles. The Morgan fingerprint density at radius 2 is 1.52 bits per heavy atom. The first-order chi connectivity index (χ1) is 10.8. The highest BCUT2D eigenvalue weighted by molar-refractivity contribution is 6.69. The van der Waals surface area contributed by atoms with Crippen LogP contribution in [0.4, 0.5) is 0 Å². The van der Waals surface area contributed by atoms with Crippen LogP contribution in [0.15, 0.2) is 54.6 Å². The first-order valence-electron chi connectivity index (χ1n) is 7.84. The predicted octanol–water partition coefficient (Wildman–Crippen LogP) is 4.50. The third kappa shape index (κ3) is 4.22. The Balaban J connectivity index is 2.43. The van der Waals surface area contributed by atoms with Crippen molar-refractivity contribution in [3.63, 3.8) is 0 Å². The molecule has 0 aliphatic rings. The Labute approximate surface area is 140 Å². The van der Waals surface area contributed by atoms with Crippen LogP contribution < -0.4 is 4.74 Å². The van der Waals surface area contributed by atoms with Gasteiger partial charge in [-0.3, -0.25) is 0 Å². The van der Waals surface area contributed by atoms with Crippen LogP contribution >= 0.6 is 0 Å². The van der Waals surface area contributed by atoms with Gasteiger partial charge < -0.3 is 14.3 Å². The third-order valence-electron chi connectivity index (χ3n) is 3.82. The largest absolute Gasteiger partial charge is 0.497 e. The van der Waals surface area contributed by atoms with E-state index in [2.05, 4.69) is 19.6 Å². The van der Waals surface area contributed by atoms with E-state index in [0.29, 0.717) is 0 Å². The Bertz CT molecular complexity index is 619. The van der Waals surface area contributed by atoms with Gasteiger partial charge in [0.25, 0.3) is 0 Å². The van der Waals surface area contributed by atoms with Gasteiger partial charge in [-0.2, -0.15) is 0 Å². The lowest BCUT2D eigenvalue weighted by molar-refractivity contribution is -0.0545. The lowest BCUT2D eigenvalue weighted by atomic mass is 9.86. The molecule has 0 spiro atoms. The highest BCUT2D eigenvalue weighted by Crippen LogP contribution is 2.40. The van der Waals surface area contributed by atoms with Crippen LogP contribution in [0.25, 0.3) is 0 Å². The smallest absolute Gasteiger partial charge is 0.185 e. The Kier molecular flexibility index (Phi) is 5.29. The maximum absolute atomic E-state index is 11.1. The van der Waals surface area contributed by atoms with Crippen LogP contribution in [0.1, 0.15) is 24.2 Å². The molecule has 124 valence electrons. The molecule has 0 saturated carbocycles. The van der Waals surface area contributed by atoms with Crippen molar-refractivity contribution in [2.75, 3.05) is 7.11 Å². The van der Waals surface area contributed by atoms with Gasteiger partial charge in [-0.15, -0.1) is 0 Å². The standard InChI is InChI=1S/C19H26O3Si/c1-19(22-23(3,4)5,16-9-7-6-8-10-16)18(20)15-11-13-17(21-2)14-12-15/h6-14,18,20H,1-5H3/t18-,19+/m1/s1. The lowest BCUT2D eigenvalue weighted by Crippen LogP contribution is -2.42. The van der Waals surface area contributed by atoms with E-state index in [1.807, 2.05) is 61.5 Å². The quantitative estimate of drug-likeness (QED) is 0.793.